The van der Waals surface area contributed by atoms with Gasteiger partial charge in [0.05, 0.1) is 5.56 Å². The maximum atomic E-state index is 13.5. The SMILES string of the molecule is CCC1CCCN(c2ccc(C#N)c(F)c2)C1. The molecule has 0 aliphatic carbocycles. The first-order chi connectivity index (χ1) is 8.24. The van der Waals surface area contributed by atoms with E-state index >= 15 is 0 Å². The molecule has 2 nitrogen and oxygen atoms in total. The van der Waals surface area contributed by atoms with Gasteiger partial charge in [0.1, 0.15) is 11.9 Å². The number of piperidine rings is 1. The van der Waals surface area contributed by atoms with Crippen LogP contribution in [-0.4, -0.2) is 13.1 Å². The second-order valence-corrected chi connectivity index (χ2v) is 4.64. The van der Waals surface area contributed by atoms with Crippen molar-refractivity contribution >= 4 is 5.69 Å². The molecule has 2 rings (SSSR count). The Hall–Kier alpha value is -1.56. The number of hydrogen-bond donors (Lipinski definition) is 0. The van der Waals surface area contributed by atoms with Crippen molar-refractivity contribution in [2.75, 3.05) is 18.0 Å². The van der Waals surface area contributed by atoms with Gasteiger partial charge in [0, 0.05) is 18.8 Å². The number of benzene rings is 1. The molecule has 1 fully saturated rings. The van der Waals surface area contributed by atoms with Crippen LogP contribution in [0, 0.1) is 23.1 Å². The van der Waals surface area contributed by atoms with Crippen molar-refractivity contribution in [1.82, 2.24) is 0 Å². The van der Waals surface area contributed by atoms with Crippen LogP contribution < -0.4 is 4.90 Å². The van der Waals surface area contributed by atoms with Gasteiger partial charge < -0.3 is 4.90 Å². The predicted octanol–water partition coefficient (Wildman–Crippen LogP) is 3.32. The summed E-state index contributed by atoms with van der Waals surface area (Å²) >= 11 is 0. The number of halogens is 1. The van der Waals surface area contributed by atoms with Crippen LogP contribution in [0.1, 0.15) is 31.7 Å². The normalized spacial score (nSPS) is 20.1. The van der Waals surface area contributed by atoms with Crippen molar-refractivity contribution in [1.29, 1.82) is 5.26 Å². The van der Waals surface area contributed by atoms with E-state index in [1.807, 2.05) is 12.1 Å². The second kappa shape index (κ2) is 5.18. The minimum Gasteiger partial charge on any atom is -0.371 e. The van der Waals surface area contributed by atoms with Crippen LogP contribution in [0.15, 0.2) is 18.2 Å². The minimum atomic E-state index is -0.413. The van der Waals surface area contributed by atoms with Crippen molar-refractivity contribution < 1.29 is 4.39 Å². The molecule has 1 saturated heterocycles. The molecule has 1 aliphatic rings. The van der Waals surface area contributed by atoms with Crippen LogP contribution in [-0.2, 0) is 0 Å². The van der Waals surface area contributed by atoms with Crippen molar-refractivity contribution in [3.63, 3.8) is 0 Å². The highest BCUT2D eigenvalue weighted by Crippen LogP contribution is 2.26. The fourth-order valence-corrected chi connectivity index (χ4v) is 2.42. The van der Waals surface area contributed by atoms with Crippen LogP contribution in [0.4, 0.5) is 10.1 Å². The summed E-state index contributed by atoms with van der Waals surface area (Å²) in [5.41, 5.74) is 1.03. The Morgan fingerprint density at radius 1 is 1.53 bits per heavy atom. The summed E-state index contributed by atoms with van der Waals surface area (Å²) in [6.45, 7) is 4.19. The zero-order valence-corrected chi connectivity index (χ0v) is 10.1. The second-order valence-electron chi connectivity index (χ2n) is 4.64. The molecule has 0 radical (unpaired) electrons. The molecule has 0 aromatic heterocycles. The van der Waals surface area contributed by atoms with Crippen LogP contribution in [0.3, 0.4) is 0 Å². The molecule has 1 aromatic carbocycles. The highest BCUT2D eigenvalue weighted by atomic mass is 19.1. The molecule has 3 heteroatoms. The van der Waals surface area contributed by atoms with Gasteiger partial charge in [0.2, 0.25) is 0 Å². The molecular weight excluding hydrogens is 215 g/mol. The van der Waals surface area contributed by atoms with Gasteiger partial charge in [0.25, 0.3) is 0 Å². The van der Waals surface area contributed by atoms with Gasteiger partial charge in [0.15, 0.2) is 0 Å². The third-order valence-corrected chi connectivity index (χ3v) is 3.53. The Morgan fingerprint density at radius 3 is 3.00 bits per heavy atom. The van der Waals surface area contributed by atoms with E-state index in [1.54, 1.807) is 6.07 Å². The largest absolute Gasteiger partial charge is 0.371 e. The monoisotopic (exact) mass is 232 g/mol. The van der Waals surface area contributed by atoms with Gasteiger partial charge in [-0.25, -0.2) is 4.39 Å². The van der Waals surface area contributed by atoms with E-state index in [4.69, 9.17) is 5.26 Å². The van der Waals surface area contributed by atoms with E-state index < -0.39 is 5.82 Å². The first kappa shape index (κ1) is 11.9. The highest BCUT2D eigenvalue weighted by molar-refractivity contribution is 5.50. The summed E-state index contributed by atoms with van der Waals surface area (Å²) in [6.07, 6.45) is 3.61. The lowest BCUT2D eigenvalue weighted by Gasteiger charge is -2.34. The average molecular weight is 232 g/mol. The molecule has 17 heavy (non-hydrogen) atoms. The lowest BCUT2D eigenvalue weighted by Crippen LogP contribution is -2.35. The average Bonchev–Trinajstić information content (AvgIpc) is 2.38. The van der Waals surface area contributed by atoms with Crippen LogP contribution in [0.2, 0.25) is 0 Å². The standard InChI is InChI=1S/C14H17FN2/c1-2-11-4-3-7-17(10-11)13-6-5-12(9-16)14(15)8-13/h5-6,8,11H,2-4,7,10H2,1H3. The number of rotatable bonds is 2. The summed E-state index contributed by atoms with van der Waals surface area (Å²) in [5.74, 6) is 0.297. The molecule has 1 atom stereocenters. The summed E-state index contributed by atoms with van der Waals surface area (Å²) in [4.78, 5) is 2.22. The Kier molecular flexibility index (Phi) is 3.63. The highest BCUT2D eigenvalue weighted by Gasteiger charge is 2.19. The Bertz CT molecular complexity index is 436. The first-order valence-corrected chi connectivity index (χ1v) is 6.19. The number of nitriles is 1. The maximum Gasteiger partial charge on any atom is 0.143 e. The summed E-state index contributed by atoms with van der Waals surface area (Å²) < 4.78 is 13.5. The molecule has 1 heterocycles. The quantitative estimate of drug-likeness (QED) is 0.782. The number of nitrogens with zero attached hydrogens (tertiary/aromatic N) is 2. The molecule has 1 aromatic rings. The van der Waals surface area contributed by atoms with Crippen LogP contribution in [0.25, 0.3) is 0 Å². The van der Waals surface area contributed by atoms with Crippen molar-refractivity contribution in [2.45, 2.75) is 26.2 Å². The third kappa shape index (κ3) is 2.58. The van der Waals surface area contributed by atoms with Gasteiger partial charge in [-0.3, -0.25) is 0 Å². The minimum absolute atomic E-state index is 0.123. The van der Waals surface area contributed by atoms with E-state index in [1.165, 1.54) is 25.3 Å². The zero-order valence-electron chi connectivity index (χ0n) is 10.1. The van der Waals surface area contributed by atoms with Crippen molar-refractivity contribution in [3.05, 3.63) is 29.6 Å². The molecule has 0 spiro atoms. The van der Waals surface area contributed by atoms with Gasteiger partial charge in [-0.1, -0.05) is 13.3 Å². The van der Waals surface area contributed by atoms with Crippen molar-refractivity contribution in [3.8, 4) is 6.07 Å². The molecular formula is C14H17FN2. The lowest BCUT2D eigenvalue weighted by molar-refractivity contribution is 0.404. The van der Waals surface area contributed by atoms with Gasteiger partial charge >= 0.3 is 0 Å². The zero-order chi connectivity index (χ0) is 12.3. The van der Waals surface area contributed by atoms with Gasteiger partial charge in [-0.05, 0) is 37.0 Å². The van der Waals surface area contributed by atoms with Gasteiger partial charge in [-0.15, -0.1) is 0 Å². The summed E-state index contributed by atoms with van der Waals surface area (Å²) in [5, 5.41) is 8.70. The molecule has 1 aliphatic heterocycles. The molecule has 1 unspecified atom stereocenters. The molecule has 0 saturated carbocycles. The summed E-state index contributed by atoms with van der Waals surface area (Å²) in [7, 11) is 0. The Balaban J connectivity index is 2.17. The van der Waals surface area contributed by atoms with E-state index in [-0.39, 0.29) is 5.56 Å². The van der Waals surface area contributed by atoms with E-state index in [2.05, 4.69) is 11.8 Å². The molecule has 0 bridgehead atoms. The topological polar surface area (TPSA) is 27.0 Å². The maximum absolute atomic E-state index is 13.5. The van der Waals surface area contributed by atoms with E-state index in [0.717, 1.165) is 18.8 Å². The molecule has 0 amide bonds. The molecule has 0 N–H and O–H groups in total. The van der Waals surface area contributed by atoms with E-state index in [0.29, 0.717) is 5.92 Å². The lowest BCUT2D eigenvalue weighted by atomic mass is 9.95. The smallest absolute Gasteiger partial charge is 0.143 e. The fraction of sp³-hybridized carbons (Fsp3) is 0.500. The number of anilines is 1. The fourth-order valence-electron chi connectivity index (χ4n) is 2.42. The Labute approximate surface area is 102 Å². The van der Waals surface area contributed by atoms with Crippen molar-refractivity contribution in [2.24, 2.45) is 5.92 Å². The number of hydrogen-bond acceptors (Lipinski definition) is 2. The summed E-state index contributed by atoms with van der Waals surface area (Å²) in [6, 6.07) is 6.75. The first-order valence-electron chi connectivity index (χ1n) is 6.19. The predicted molar refractivity (Wildman–Crippen MR) is 66.3 cm³/mol. The van der Waals surface area contributed by atoms with Crippen LogP contribution in [0.5, 0.6) is 0 Å². The van der Waals surface area contributed by atoms with E-state index in [9.17, 15) is 4.39 Å². The van der Waals surface area contributed by atoms with Gasteiger partial charge in [-0.2, -0.15) is 5.26 Å². The van der Waals surface area contributed by atoms with Crippen LogP contribution >= 0.6 is 0 Å². The molecule has 90 valence electrons. The Morgan fingerprint density at radius 2 is 2.35 bits per heavy atom. The third-order valence-electron chi connectivity index (χ3n) is 3.53.